The summed E-state index contributed by atoms with van der Waals surface area (Å²) < 4.78 is 7.53. The van der Waals surface area contributed by atoms with Crippen LogP contribution in [0.2, 0.25) is 0 Å². The molecule has 0 bridgehead atoms. The highest BCUT2D eigenvalue weighted by Gasteiger charge is 2.39. The molecule has 4 rings (SSSR count). The SMILES string of the molecule is CCOc1cc(C2SC=C3Sc4nnc(C)n4N32)ccc1O. The quantitative estimate of drug-likeness (QED) is 0.925. The zero-order valence-corrected chi connectivity index (χ0v) is 13.7. The first-order valence-corrected chi connectivity index (χ1v) is 8.65. The van der Waals surface area contributed by atoms with Crippen molar-refractivity contribution in [3.8, 4) is 11.5 Å². The first kappa shape index (κ1) is 13.8. The van der Waals surface area contributed by atoms with Crippen molar-refractivity contribution < 1.29 is 9.84 Å². The third kappa shape index (κ3) is 1.98. The molecule has 0 saturated heterocycles. The smallest absolute Gasteiger partial charge is 0.216 e. The highest BCUT2D eigenvalue weighted by molar-refractivity contribution is 8.07. The van der Waals surface area contributed by atoms with Crippen molar-refractivity contribution in [2.75, 3.05) is 11.6 Å². The summed E-state index contributed by atoms with van der Waals surface area (Å²) in [5.41, 5.74) is 1.07. The van der Waals surface area contributed by atoms with Gasteiger partial charge in [-0.2, -0.15) is 0 Å². The molecule has 22 heavy (non-hydrogen) atoms. The second-order valence-electron chi connectivity index (χ2n) is 4.89. The summed E-state index contributed by atoms with van der Waals surface area (Å²) in [6.45, 7) is 4.37. The van der Waals surface area contributed by atoms with Gasteiger partial charge in [0.15, 0.2) is 17.3 Å². The van der Waals surface area contributed by atoms with Crippen LogP contribution in [0.1, 0.15) is 23.7 Å². The lowest BCUT2D eigenvalue weighted by molar-refractivity contribution is 0.317. The van der Waals surface area contributed by atoms with Crippen molar-refractivity contribution in [3.05, 3.63) is 40.0 Å². The summed E-state index contributed by atoms with van der Waals surface area (Å²) in [6, 6.07) is 5.51. The molecule has 0 amide bonds. The molecule has 114 valence electrons. The van der Waals surface area contributed by atoms with E-state index in [1.165, 1.54) is 0 Å². The molecule has 2 aliphatic heterocycles. The molecule has 1 N–H and O–H groups in total. The topological polar surface area (TPSA) is 63.4 Å². The van der Waals surface area contributed by atoms with Crippen LogP contribution in [0.5, 0.6) is 11.5 Å². The van der Waals surface area contributed by atoms with E-state index in [1.807, 2.05) is 30.7 Å². The number of aromatic hydroxyl groups is 1. The van der Waals surface area contributed by atoms with Crippen molar-refractivity contribution in [3.63, 3.8) is 0 Å². The Balaban J connectivity index is 1.73. The second kappa shape index (κ2) is 5.13. The van der Waals surface area contributed by atoms with Crippen LogP contribution in [-0.4, -0.2) is 26.6 Å². The minimum absolute atomic E-state index is 0.0817. The lowest BCUT2D eigenvalue weighted by Crippen LogP contribution is -2.30. The molecule has 0 radical (unpaired) electrons. The van der Waals surface area contributed by atoms with Crippen molar-refractivity contribution in [2.45, 2.75) is 24.4 Å². The first-order valence-electron chi connectivity index (χ1n) is 6.89. The van der Waals surface area contributed by atoms with Crippen LogP contribution < -0.4 is 9.75 Å². The van der Waals surface area contributed by atoms with Gasteiger partial charge in [0.05, 0.1) is 6.61 Å². The number of ether oxygens (including phenoxy) is 1. The van der Waals surface area contributed by atoms with Gasteiger partial charge in [-0.15, -0.1) is 10.2 Å². The van der Waals surface area contributed by atoms with Crippen LogP contribution in [0, 0.1) is 6.92 Å². The van der Waals surface area contributed by atoms with E-state index < -0.39 is 0 Å². The number of nitrogens with zero attached hydrogens (tertiary/aromatic N) is 4. The molecule has 6 nitrogen and oxygen atoms in total. The van der Waals surface area contributed by atoms with Crippen LogP contribution in [0.25, 0.3) is 0 Å². The second-order valence-corrected chi connectivity index (χ2v) is 6.83. The van der Waals surface area contributed by atoms with E-state index in [4.69, 9.17) is 4.74 Å². The monoisotopic (exact) mass is 334 g/mol. The molecule has 8 heteroatoms. The van der Waals surface area contributed by atoms with Crippen molar-refractivity contribution in [1.29, 1.82) is 0 Å². The minimum atomic E-state index is 0.0817. The largest absolute Gasteiger partial charge is 0.504 e. The van der Waals surface area contributed by atoms with Crippen LogP contribution in [-0.2, 0) is 0 Å². The van der Waals surface area contributed by atoms with Crippen molar-refractivity contribution >= 4 is 23.5 Å². The predicted octanol–water partition coefficient (Wildman–Crippen LogP) is 2.98. The van der Waals surface area contributed by atoms with E-state index >= 15 is 0 Å². The minimum Gasteiger partial charge on any atom is -0.504 e. The molecular weight excluding hydrogens is 320 g/mol. The number of phenolic OH excluding ortho intramolecular Hbond substituents is 1. The summed E-state index contributed by atoms with van der Waals surface area (Å²) in [5.74, 6) is 1.54. The van der Waals surface area contributed by atoms with E-state index in [-0.39, 0.29) is 11.1 Å². The average molecular weight is 334 g/mol. The predicted molar refractivity (Wildman–Crippen MR) is 86.5 cm³/mol. The van der Waals surface area contributed by atoms with Gasteiger partial charge in [-0.1, -0.05) is 17.8 Å². The molecule has 1 atom stereocenters. The van der Waals surface area contributed by atoms with Gasteiger partial charge in [0.2, 0.25) is 5.16 Å². The maximum atomic E-state index is 9.88. The molecule has 1 aromatic heterocycles. The summed E-state index contributed by atoms with van der Waals surface area (Å²) in [7, 11) is 0. The van der Waals surface area contributed by atoms with Gasteiger partial charge >= 0.3 is 0 Å². The molecule has 2 aromatic rings. The standard InChI is InChI=1S/C14H14N4O2S2/c1-3-20-11-6-9(4-5-10(11)19)13-18-12(7-21-13)22-14-16-15-8(2)17(14)18/h4-7,13,19H,3H2,1-2H3. The zero-order valence-electron chi connectivity index (χ0n) is 12.1. The normalized spacial score (nSPS) is 19.1. The summed E-state index contributed by atoms with van der Waals surface area (Å²) in [5, 5.41) is 24.6. The van der Waals surface area contributed by atoms with Gasteiger partial charge < -0.3 is 9.84 Å². The number of thioether (sulfide) groups is 2. The fourth-order valence-corrected chi connectivity index (χ4v) is 4.80. The van der Waals surface area contributed by atoms with E-state index in [1.54, 1.807) is 29.6 Å². The van der Waals surface area contributed by atoms with Crippen molar-refractivity contribution in [1.82, 2.24) is 14.9 Å². The Morgan fingerprint density at radius 3 is 3.05 bits per heavy atom. The molecule has 0 fully saturated rings. The van der Waals surface area contributed by atoms with Crippen LogP contribution in [0.3, 0.4) is 0 Å². The fraction of sp³-hybridized carbons (Fsp3) is 0.286. The molecule has 1 unspecified atom stereocenters. The van der Waals surface area contributed by atoms with Crippen molar-refractivity contribution in [2.24, 2.45) is 0 Å². The number of rotatable bonds is 3. The van der Waals surface area contributed by atoms with E-state index in [9.17, 15) is 5.11 Å². The lowest BCUT2D eigenvalue weighted by atomic mass is 10.2. The van der Waals surface area contributed by atoms with Crippen LogP contribution in [0.15, 0.2) is 33.8 Å². The molecule has 2 aliphatic rings. The molecule has 0 spiro atoms. The Morgan fingerprint density at radius 1 is 1.36 bits per heavy atom. The van der Waals surface area contributed by atoms with E-state index in [0.29, 0.717) is 12.4 Å². The van der Waals surface area contributed by atoms with Gasteiger partial charge in [-0.05, 0) is 43.3 Å². The Hall–Kier alpha value is -1.80. The number of fused-ring (bicyclic) bond motifs is 3. The Bertz CT molecular complexity index is 774. The molecule has 3 heterocycles. The Kier molecular flexibility index (Phi) is 3.23. The fourth-order valence-electron chi connectivity index (χ4n) is 2.54. The summed E-state index contributed by atoms with van der Waals surface area (Å²) in [6.07, 6.45) is 0. The van der Waals surface area contributed by atoms with E-state index in [0.717, 1.165) is 21.6 Å². The van der Waals surface area contributed by atoms with Gasteiger partial charge in [0.1, 0.15) is 10.4 Å². The number of phenols is 1. The number of hydrogen-bond acceptors (Lipinski definition) is 7. The van der Waals surface area contributed by atoms with Gasteiger partial charge in [-0.3, -0.25) is 5.01 Å². The molecule has 0 aliphatic carbocycles. The maximum absolute atomic E-state index is 9.88. The third-order valence-electron chi connectivity index (χ3n) is 3.49. The Labute approximate surface area is 136 Å². The summed E-state index contributed by atoms with van der Waals surface area (Å²) in [4.78, 5) is 0. The number of hydrogen-bond donors (Lipinski definition) is 1. The van der Waals surface area contributed by atoms with E-state index in [2.05, 4.69) is 20.6 Å². The van der Waals surface area contributed by atoms with Crippen LogP contribution >= 0.6 is 23.5 Å². The molecule has 1 aromatic carbocycles. The highest BCUT2D eigenvalue weighted by atomic mass is 32.2. The van der Waals surface area contributed by atoms with Gasteiger partial charge in [-0.25, -0.2) is 4.68 Å². The Morgan fingerprint density at radius 2 is 2.23 bits per heavy atom. The lowest BCUT2D eigenvalue weighted by Gasteiger charge is -2.25. The maximum Gasteiger partial charge on any atom is 0.216 e. The summed E-state index contributed by atoms with van der Waals surface area (Å²) >= 11 is 3.34. The number of aromatic nitrogens is 3. The van der Waals surface area contributed by atoms with Crippen LogP contribution in [0.4, 0.5) is 0 Å². The van der Waals surface area contributed by atoms with Gasteiger partial charge in [0, 0.05) is 5.41 Å². The molecule has 0 saturated carbocycles. The number of aryl methyl sites for hydroxylation is 1. The highest BCUT2D eigenvalue weighted by Crippen LogP contribution is 2.51. The zero-order chi connectivity index (χ0) is 15.3. The molecular formula is C14H14N4O2S2. The average Bonchev–Trinajstić information content (AvgIpc) is 3.14. The number of benzene rings is 1. The third-order valence-corrected chi connectivity index (χ3v) is 5.68. The van der Waals surface area contributed by atoms with Gasteiger partial charge in [0.25, 0.3) is 0 Å². The first-order chi connectivity index (χ1) is 10.7.